The van der Waals surface area contributed by atoms with E-state index >= 15 is 0 Å². The Morgan fingerprint density at radius 1 is 1.17 bits per heavy atom. The van der Waals surface area contributed by atoms with Crippen LogP contribution < -0.4 is 5.73 Å². The summed E-state index contributed by atoms with van der Waals surface area (Å²) >= 11 is 2.31. The van der Waals surface area contributed by atoms with Crippen molar-refractivity contribution < 1.29 is 19.4 Å². The van der Waals surface area contributed by atoms with Gasteiger partial charge in [0.2, 0.25) is 0 Å². The Bertz CT molecular complexity index is 538. The summed E-state index contributed by atoms with van der Waals surface area (Å²) in [5.41, 5.74) is 6.58. The van der Waals surface area contributed by atoms with Gasteiger partial charge in [0.1, 0.15) is 0 Å². The van der Waals surface area contributed by atoms with Crippen molar-refractivity contribution in [3.05, 3.63) is 46.5 Å². The minimum absolute atomic E-state index is 0.565. The second kappa shape index (κ2) is 6.31. The van der Waals surface area contributed by atoms with Gasteiger partial charge in [-0.15, -0.1) is 0 Å². The van der Waals surface area contributed by atoms with Crippen molar-refractivity contribution in [3.63, 3.8) is 0 Å². The Hall–Kier alpha value is -0.922. The number of benzene rings is 1. The molecule has 0 spiro atoms. The van der Waals surface area contributed by atoms with Gasteiger partial charge >= 0.3 is 87.8 Å². The molecule has 0 radical (unpaired) electrons. The van der Waals surface area contributed by atoms with Crippen LogP contribution >= 0.6 is 0 Å². The predicted octanol–water partition coefficient (Wildman–Crippen LogP) is 2.39. The third-order valence-corrected chi connectivity index (χ3v) is 4.43. The summed E-state index contributed by atoms with van der Waals surface area (Å²) in [4.78, 5) is 0. The first kappa shape index (κ1) is 13.5. The van der Waals surface area contributed by atoms with E-state index in [4.69, 9.17) is 5.73 Å². The van der Waals surface area contributed by atoms with E-state index in [2.05, 4.69) is 53.0 Å². The third-order valence-electron chi connectivity index (χ3n) is 3.08. The fourth-order valence-corrected chi connectivity index (χ4v) is 2.30. The van der Waals surface area contributed by atoms with Crippen molar-refractivity contribution in [2.45, 2.75) is 25.3 Å². The Kier molecular flexibility index (Phi) is 4.73. The van der Waals surface area contributed by atoms with Crippen LogP contribution in [0.2, 0.25) is 0 Å². The van der Waals surface area contributed by atoms with Crippen LogP contribution in [0.4, 0.5) is 0 Å². The summed E-state index contributed by atoms with van der Waals surface area (Å²) < 4.78 is 5.45. The standard InChI is InChI=1S/C10H10N2.C4H9N.Pt/c1-11-7-8-12(9-11)10-5-3-2-4-6-10;5-4-2-1-3-4;/h2-8H,1H3;4H,1-3,5H2;. The minimum atomic E-state index is 0.565. The van der Waals surface area contributed by atoms with Gasteiger partial charge in [0.25, 0.3) is 0 Å². The molecule has 1 fully saturated rings. The average Bonchev–Trinajstić information content (AvgIpc) is 2.69. The van der Waals surface area contributed by atoms with E-state index in [-0.39, 0.29) is 0 Å². The van der Waals surface area contributed by atoms with E-state index in [1.54, 1.807) is 0 Å². The molecule has 0 atom stereocenters. The number of rotatable bonds is 1. The van der Waals surface area contributed by atoms with Crippen LogP contribution in [0.15, 0.2) is 42.7 Å². The average molecular weight is 424 g/mol. The fourth-order valence-electron chi connectivity index (χ4n) is 1.66. The maximum atomic E-state index is 5.38. The van der Waals surface area contributed by atoms with Gasteiger partial charge in [0.05, 0.1) is 0 Å². The van der Waals surface area contributed by atoms with Crippen LogP contribution in [-0.4, -0.2) is 15.2 Å². The number of hydrogen-bond donors (Lipinski definition) is 1. The first-order chi connectivity index (χ1) is 8.68. The van der Waals surface area contributed by atoms with Gasteiger partial charge in [-0.25, -0.2) is 0 Å². The monoisotopic (exact) mass is 424 g/mol. The molecule has 2 aromatic rings. The van der Waals surface area contributed by atoms with E-state index in [1.165, 1.54) is 28.8 Å². The van der Waals surface area contributed by atoms with E-state index in [0.29, 0.717) is 6.04 Å². The van der Waals surface area contributed by atoms with Gasteiger partial charge in [-0.2, -0.15) is 0 Å². The molecular weight excluding hydrogens is 405 g/mol. The molecule has 2 N–H and O–H groups in total. The number of hydrogen-bond acceptors (Lipinski definition) is 1. The van der Waals surface area contributed by atoms with E-state index in [1.807, 2.05) is 25.2 Å². The fraction of sp³-hybridized carbons (Fsp3) is 0.357. The molecule has 1 aliphatic carbocycles. The largest absolute Gasteiger partial charge is 0.328 e. The van der Waals surface area contributed by atoms with Crippen molar-refractivity contribution in [1.29, 1.82) is 0 Å². The van der Waals surface area contributed by atoms with Gasteiger partial charge in [0.15, 0.2) is 0 Å². The zero-order valence-electron chi connectivity index (χ0n) is 10.5. The quantitative estimate of drug-likeness (QED) is 0.750. The molecule has 1 aromatic heterocycles. The summed E-state index contributed by atoms with van der Waals surface area (Å²) in [6, 6.07) is 10.9. The molecule has 0 unspecified atom stereocenters. The Morgan fingerprint density at radius 2 is 1.78 bits per heavy atom. The van der Waals surface area contributed by atoms with Crippen LogP contribution in [0.25, 0.3) is 5.69 Å². The summed E-state index contributed by atoms with van der Waals surface area (Å²) in [6.45, 7) is 0. The van der Waals surface area contributed by atoms with Crippen LogP contribution in [0.1, 0.15) is 19.3 Å². The van der Waals surface area contributed by atoms with Gasteiger partial charge in [0, 0.05) is 6.04 Å². The maximum absolute atomic E-state index is 5.38. The molecule has 18 heavy (non-hydrogen) atoms. The molecule has 1 heterocycles. The molecule has 100 valence electrons. The Balaban J connectivity index is 0.000000202. The number of aryl methyl sites for hydroxylation is 1. The Labute approximate surface area is 119 Å². The van der Waals surface area contributed by atoms with Gasteiger partial charge < -0.3 is 5.73 Å². The molecule has 3 rings (SSSR count). The molecule has 3 nitrogen and oxygen atoms in total. The third kappa shape index (κ3) is 3.30. The second-order valence-electron chi connectivity index (χ2n) is 4.55. The van der Waals surface area contributed by atoms with Crippen LogP contribution in [0.5, 0.6) is 0 Å². The molecule has 1 saturated carbocycles. The number of para-hydroxylation sites is 1. The minimum Gasteiger partial charge on any atom is -0.328 e. The van der Waals surface area contributed by atoms with Gasteiger partial charge in [-0.3, -0.25) is 0 Å². The second-order valence-corrected chi connectivity index (χ2v) is 5.56. The van der Waals surface area contributed by atoms with E-state index in [9.17, 15) is 0 Å². The normalized spacial score (nSPS) is 14.7. The van der Waals surface area contributed by atoms with Gasteiger partial charge in [-0.1, -0.05) is 6.42 Å². The zero-order chi connectivity index (χ0) is 13.0. The molecule has 4 heteroatoms. The smallest absolute Gasteiger partial charge is 0.00388 e. The van der Waals surface area contributed by atoms with Crippen LogP contribution in [0.3, 0.4) is 0 Å². The molecular formula is C14H19N3Pt. The molecule has 0 saturated heterocycles. The summed E-state index contributed by atoms with van der Waals surface area (Å²) in [5, 5.41) is 0. The molecule has 0 amide bonds. The molecule has 1 aromatic carbocycles. The van der Waals surface area contributed by atoms with Crippen LogP contribution in [0, 0.1) is 3.80 Å². The number of imidazole rings is 1. The topological polar surface area (TPSA) is 35.9 Å². The van der Waals surface area contributed by atoms with Crippen LogP contribution in [-0.2, 0) is 26.4 Å². The van der Waals surface area contributed by atoms with Crippen molar-refractivity contribution >= 4 is 0 Å². The number of nitrogens with two attached hydrogens (primary N) is 1. The molecule has 0 aliphatic heterocycles. The van der Waals surface area contributed by atoms with E-state index < -0.39 is 0 Å². The van der Waals surface area contributed by atoms with E-state index in [0.717, 1.165) is 0 Å². The summed E-state index contributed by atoms with van der Waals surface area (Å²) in [5.74, 6) is 0. The zero-order valence-corrected chi connectivity index (χ0v) is 12.8. The first-order valence-electron chi connectivity index (χ1n) is 6.19. The van der Waals surface area contributed by atoms with Crippen molar-refractivity contribution in [2.24, 2.45) is 12.8 Å². The van der Waals surface area contributed by atoms with Crippen molar-refractivity contribution in [2.75, 3.05) is 0 Å². The van der Waals surface area contributed by atoms with Gasteiger partial charge in [-0.05, 0) is 12.8 Å². The Morgan fingerprint density at radius 3 is 2.17 bits per heavy atom. The molecule has 0 bridgehead atoms. The summed E-state index contributed by atoms with van der Waals surface area (Å²) in [7, 11) is 2.04. The number of aromatic nitrogens is 2. The first-order valence-corrected chi connectivity index (χ1v) is 7.32. The van der Waals surface area contributed by atoms with Crippen molar-refractivity contribution in [1.82, 2.24) is 9.13 Å². The number of nitrogens with zero attached hydrogens (tertiary/aromatic N) is 2. The van der Waals surface area contributed by atoms with Crippen molar-refractivity contribution in [3.8, 4) is 5.69 Å². The molecule has 1 aliphatic rings. The maximum Gasteiger partial charge on any atom is 0.00388 e. The predicted molar refractivity (Wildman–Crippen MR) is 69.8 cm³/mol. The SMILES string of the molecule is Cn1ccn(-c2ccccc2)[c]1=[Pt].NC1CCC1. The summed E-state index contributed by atoms with van der Waals surface area (Å²) in [6.07, 6.45) is 8.01.